The van der Waals surface area contributed by atoms with Gasteiger partial charge < -0.3 is 29.3 Å². The number of ether oxygens (including phenoxy) is 2. The van der Waals surface area contributed by atoms with Crippen molar-refractivity contribution in [3.8, 4) is 11.5 Å². The van der Waals surface area contributed by atoms with Gasteiger partial charge in [0.15, 0.2) is 11.5 Å². The Balaban J connectivity index is 1.58. The Morgan fingerprint density at radius 3 is 2.58 bits per heavy atom. The number of aliphatic hydroxyl groups is 1. The lowest BCUT2D eigenvalue weighted by Crippen LogP contribution is -2.43. The molecule has 1 aliphatic rings. The van der Waals surface area contributed by atoms with Crippen molar-refractivity contribution >= 4 is 11.6 Å². The summed E-state index contributed by atoms with van der Waals surface area (Å²) in [6.45, 7) is 4.03. The normalized spacial score (nSPS) is 18.3. The standard InChI is InChI=1S/C24H38N6O3/c1-27(2)11-12-33-20-8-7-19(13-21(20)32-6)15-29(5)16-24(31)9-10-30(17-24)23-14-22(28(3)4)25-18-26-23/h7-8,13-14,18,31H,9-12,15-17H2,1-6H3/t24-/m1/s1. The highest BCUT2D eigenvalue weighted by Crippen LogP contribution is 2.30. The van der Waals surface area contributed by atoms with E-state index in [0.29, 0.717) is 32.7 Å². The van der Waals surface area contributed by atoms with Crippen molar-refractivity contribution in [2.75, 3.05) is 84.9 Å². The highest BCUT2D eigenvalue weighted by atomic mass is 16.5. The second-order valence-electron chi connectivity index (χ2n) is 9.33. The van der Waals surface area contributed by atoms with Crippen LogP contribution in [0.4, 0.5) is 11.6 Å². The van der Waals surface area contributed by atoms with E-state index in [-0.39, 0.29) is 0 Å². The Kier molecular flexibility index (Phi) is 8.34. The van der Waals surface area contributed by atoms with Gasteiger partial charge in [-0.25, -0.2) is 9.97 Å². The Morgan fingerprint density at radius 2 is 1.88 bits per heavy atom. The van der Waals surface area contributed by atoms with E-state index < -0.39 is 5.60 Å². The molecule has 0 unspecified atom stereocenters. The van der Waals surface area contributed by atoms with Crippen LogP contribution in [-0.4, -0.2) is 106 Å². The second kappa shape index (κ2) is 11.0. The van der Waals surface area contributed by atoms with Gasteiger partial charge in [-0.15, -0.1) is 0 Å². The number of rotatable bonds is 11. The van der Waals surface area contributed by atoms with E-state index in [1.54, 1.807) is 13.4 Å². The van der Waals surface area contributed by atoms with E-state index in [1.165, 1.54) is 0 Å². The van der Waals surface area contributed by atoms with Gasteiger partial charge in [0.1, 0.15) is 24.6 Å². The molecule has 1 fully saturated rings. The maximum Gasteiger partial charge on any atom is 0.161 e. The summed E-state index contributed by atoms with van der Waals surface area (Å²) in [6.07, 6.45) is 2.27. The fourth-order valence-electron chi connectivity index (χ4n) is 4.07. The maximum atomic E-state index is 11.3. The number of β-amino-alcohol motifs (C(OH)–C–C–N with tert-alkyl or cyclic N) is 1. The number of hydrogen-bond donors (Lipinski definition) is 1. The molecule has 9 nitrogen and oxygen atoms in total. The first kappa shape index (κ1) is 25.0. The zero-order chi connectivity index (χ0) is 24.0. The molecule has 1 atom stereocenters. The van der Waals surface area contributed by atoms with E-state index in [2.05, 4.69) is 30.7 Å². The molecule has 182 valence electrons. The van der Waals surface area contributed by atoms with Crippen LogP contribution in [-0.2, 0) is 6.54 Å². The van der Waals surface area contributed by atoms with E-state index in [0.717, 1.165) is 41.8 Å². The molecular formula is C24H38N6O3. The zero-order valence-electron chi connectivity index (χ0n) is 20.8. The third kappa shape index (κ3) is 6.93. The fraction of sp³-hybridized carbons (Fsp3) is 0.583. The van der Waals surface area contributed by atoms with Crippen LogP contribution < -0.4 is 19.3 Å². The van der Waals surface area contributed by atoms with Gasteiger partial charge in [0.05, 0.1) is 12.7 Å². The molecule has 0 radical (unpaired) electrons. The third-order valence-electron chi connectivity index (χ3n) is 5.79. The molecule has 1 aromatic heterocycles. The van der Waals surface area contributed by atoms with Crippen LogP contribution in [0.5, 0.6) is 11.5 Å². The molecule has 1 saturated heterocycles. The second-order valence-corrected chi connectivity index (χ2v) is 9.33. The van der Waals surface area contributed by atoms with Gasteiger partial charge in [-0.1, -0.05) is 6.07 Å². The van der Waals surface area contributed by atoms with E-state index in [1.807, 2.05) is 58.3 Å². The quantitative estimate of drug-likeness (QED) is 0.540. The summed E-state index contributed by atoms with van der Waals surface area (Å²) >= 11 is 0. The van der Waals surface area contributed by atoms with Crippen LogP contribution in [0.1, 0.15) is 12.0 Å². The van der Waals surface area contributed by atoms with Crippen molar-refractivity contribution in [1.82, 2.24) is 19.8 Å². The average Bonchev–Trinajstić information content (AvgIpc) is 3.15. The number of anilines is 2. The molecule has 1 aromatic carbocycles. The van der Waals surface area contributed by atoms with Crippen LogP contribution in [0.3, 0.4) is 0 Å². The minimum atomic E-state index is -0.794. The highest BCUT2D eigenvalue weighted by Gasteiger charge is 2.37. The number of hydrogen-bond acceptors (Lipinski definition) is 9. The molecule has 2 heterocycles. The molecule has 3 rings (SSSR count). The fourth-order valence-corrected chi connectivity index (χ4v) is 4.07. The van der Waals surface area contributed by atoms with Crippen molar-refractivity contribution < 1.29 is 14.6 Å². The van der Waals surface area contributed by atoms with Crippen molar-refractivity contribution in [3.05, 3.63) is 36.2 Å². The van der Waals surface area contributed by atoms with Gasteiger partial charge in [-0.2, -0.15) is 0 Å². The SMILES string of the molecule is COc1cc(CN(C)C[C@]2(O)CCN(c3cc(N(C)C)ncn3)C2)ccc1OCCN(C)C. The minimum Gasteiger partial charge on any atom is -0.493 e. The van der Waals surface area contributed by atoms with Crippen molar-refractivity contribution in [1.29, 1.82) is 0 Å². The largest absolute Gasteiger partial charge is 0.493 e. The molecule has 1 N–H and O–H groups in total. The zero-order valence-corrected chi connectivity index (χ0v) is 20.8. The molecule has 0 spiro atoms. The molecule has 33 heavy (non-hydrogen) atoms. The topological polar surface area (TPSA) is 77.4 Å². The summed E-state index contributed by atoms with van der Waals surface area (Å²) in [7, 11) is 11.6. The van der Waals surface area contributed by atoms with Gasteiger partial charge >= 0.3 is 0 Å². The van der Waals surface area contributed by atoms with Crippen LogP contribution in [0, 0.1) is 0 Å². The molecule has 0 saturated carbocycles. The summed E-state index contributed by atoms with van der Waals surface area (Å²) in [6, 6.07) is 7.99. The average molecular weight is 459 g/mol. The van der Waals surface area contributed by atoms with Gasteiger partial charge in [0.25, 0.3) is 0 Å². The Hall–Kier alpha value is -2.62. The summed E-state index contributed by atoms with van der Waals surface area (Å²) in [5.74, 6) is 3.18. The number of benzene rings is 1. The molecule has 2 aromatic rings. The predicted octanol–water partition coefficient (Wildman–Crippen LogP) is 1.56. The van der Waals surface area contributed by atoms with Gasteiger partial charge in [-0.3, -0.25) is 4.90 Å². The van der Waals surface area contributed by atoms with E-state index in [9.17, 15) is 5.11 Å². The predicted molar refractivity (Wildman–Crippen MR) is 132 cm³/mol. The third-order valence-corrected chi connectivity index (χ3v) is 5.79. The lowest BCUT2D eigenvalue weighted by atomic mass is 10.0. The summed E-state index contributed by atoms with van der Waals surface area (Å²) in [5.41, 5.74) is 0.316. The lowest BCUT2D eigenvalue weighted by Gasteiger charge is -2.29. The van der Waals surface area contributed by atoms with E-state index >= 15 is 0 Å². The number of likely N-dealkylation sites (N-methyl/N-ethyl adjacent to an activating group) is 2. The first-order valence-electron chi connectivity index (χ1n) is 11.3. The molecule has 0 amide bonds. The van der Waals surface area contributed by atoms with Crippen LogP contribution in [0.15, 0.2) is 30.6 Å². The van der Waals surface area contributed by atoms with Gasteiger partial charge in [0.2, 0.25) is 0 Å². The van der Waals surface area contributed by atoms with Crippen molar-refractivity contribution in [3.63, 3.8) is 0 Å². The minimum absolute atomic E-state index is 0.545. The lowest BCUT2D eigenvalue weighted by molar-refractivity contribution is 0.0279. The van der Waals surface area contributed by atoms with E-state index in [4.69, 9.17) is 9.47 Å². The number of nitrogens with zero attached hydrogens (tertiary/aromatic N) is 6. The van der Waals surface area contributed by atoms with Crippen LogP contribution >= 0.6 is 0 Å². The van der Waals surface area contributed by atoms with Crippen molar-refractivity contribution in [2.45, 2.75) is 18.6 Å². The Labute approximate surface area is 197 Å². The van der Waals surface area contributed by atoms with Crippen LogP contribution in [0.25, 0.3) is 0 Å². The Morgan fingerprint density at radius 1 is 1.09 bits per heavy atom. The summed E-state index contributed by atoms with van der Waals surface area (Å²) < 4.78 is 11.4. The summed E-state index contributed by atoms with van der Waals surface area (Å²) in [5, 5.41) is 11.3. The Bertz CT molecular complexity index is 910. The molecule has 9 heteroatoms. The smallest absolute Gasteiger partial charge is 0.161 e. The number of methoxy groups -OCH3 is 1. The van der Waals surface area contributed by atoms with Crippen molar-refractivity contribution in [2.24, 2.45) is 0 Å². The maximum absolute atomic E-state index is 11.3. The molecular weight excluding hydrogens is 420 g/mol. The monoisotopic (exact) mass is 458 g/mol. The molecule has 1 aliphatic heterocycles. The van der Waals surface area contributed by atoms with Gasteiger partial charge in [0, 0.05) is 52.9 Å². The highest BCUT2D eigenvalue weighted by molar-refractivity contribution is 5.50. The molecule has 0 bridgehead atoms. The first-order valence-corrected chi connectivity index (χ1v) is 11.3. The van der Waals surface area contributed by atoms with Crippen LogP contribution in [0.2, 0.25) is 0 Å². The summed E-state index contributed by atoms with van der Waals surface area (Å²) in [4.78, 5) is 17.0. The molecule has 0 aliphatic carbocycles. The van der Waals surface area contributed by atoms with Gasteiger partial charge in [-0.05, 0) is 45.3 Å². The number of aromatic nitrogens is 2. The first-order chi connectivity index (χ1) is 15.7.